The first-order valence-corrected chi connectivity index (χ1v) is 7.11. The van der Waals surface area contributed by atoms with Gasteiger partial charge in [0.05, 0.1) is 0 Å². The zero-order valence-electron chi connectivity index (χ0n) is 10.5. The van der Waals surface area contributed by atoms with E-state index in [9.17, 15) is 0 Å². The van der Waals surface area contributed by atoms with E-state index in [-0.39, 0.29) is 6.04 Å². The van der Waals surface area contributed by atoms with E-state index in [4.69, 9.17) is 34.8 Å². The van der Waals surface area contributed by atoms with E-state index in [2.05, 4.69) is 5.32 Å². The average Bonchev–Trinajstić information content (AvgIpc) is 2.41. The highest BCUT2D eigenvalue weighted by atomic mass is 35.5. The Bertz CT molecular complexity index is 569. The summed E-state index contributed by atoms with van der Waals surface area (Å²) in [6.45, 7) is 0. The van der Waals surface area contributed by atoms with E-state index < -0.39 is 0 Å². The summed E-state index contributed by atoms with van der Waals surface area (Å²) in [5.41, 5.74) is 2.07. The molecule has 0 saturated heterocycles. The molecular formula is C15H14Cl3N. The number of halogens is 3. The summed E-state index contributed by atoms with van der Waals surface area (Å²) in [6, 6.07) is 13.4. The molecule has 0 spiro atoms. The minimum atomic E-state index is 0.0751. The van der Waals surface area contributed by atoms with E-state index in [1.165, 1.54) is 0 Å². The lowest BCUT2D eigenvalue weighted by molar-refractivity contribution is 0.592. The fourth-order valence-electron chi connectivity index (χ4n) is 2.03. The number of likely N-dealkylation sites (N-methyl/N-ethyl adjacent to an activating group) is 1. The number of rotatable bonds is 4. The molecule has 1 nitrogen and oxygen atoms in total. The Morgan fingerprint density at radius 1 is 1.00 bits per heavy atom. The van der Waals surface area contributed by atoms with Crippen LogP contribution in [0.2, 0.25) is 15.1 Å². The fraction of sp³-hybridized carbons (Fsp3) is 0.200. The third kappa shape index (κ3) is 3.64. The first-order valence-electron chi connectivity index (χ1n) is 5.97. The van der Waals surface area contributed by atoms with Crippen LogP contribution in [-0.4, -0.2) is 7.05 Å². The van der Waals surface area contributed by atoms with Crippen LogP contribution in [-0.2, 0) is 6.42 Å². The zero-order chi connectivity index (χ0) is 13.8. The fourth-order valence-corrected chi connectivity index (χ4v) is 2.68. The normalized spacial score (nSPS) is 12.4. The van der Waals surface area contributed by atoms with Crippen molar-refractivity contribution in [3.8, 4) is 0 Å². The van der Waals surface area contributed by atoms with Crippen molar-refractivity contribution in [1.29, 1.82) is 0 Å². The molecule has 0 bridgehead atoms. The molecule has 0 aliphatic carbocycles. The van der Waals surface area contributed by atoms with Crippen molar-refractivity contribution >= 4 is 34.8 Å². The van der Waals surface area contributed by atoms with Crippen LogP contribution in [0, 0.1) is 0 Å². The van der Waals surface area contributed by atoms with Gasteiger partial charge in [-0.3, -0.25) is 0 Å². The molecule has 1 unspecified atom stereocenters. The molecule has 2 aromatic carbocycles. The van der Waals surface area contributed by atoms with Gasteiger partial charge in [-0.25, -0.2) is 0 Å². The van der Waals surface area contributed by atoms with Crippen LogP contribution in [0.15, 0.2) is 42.5 Å². The number of hydrogen-bond acceptors (Lipinski definition) is 1. The molecule has 1 N–H and O–H groups in total. The van der Waals surface area contributed by atoms with E-state index in [1.807, 2.05) is 43.4 Å². The van der Waals surface area contributed by atoms with Crippen LogP contribution >= 0.6 is 34.8 Å². The summed E-state index contributed by atoms with van der Waals surface area (Å²) >= 11 is 18.5. The minimum absolute atomic E-state index is 0.0751. The second-order valence-corrected chi connectivity index (χ2v) is 5.55. The Morgan fingerprint density at radius 3 is 2.42 bits per heavy atom. The molecule has 0 saturated carbocycles. The highest BCUT2D eigenvalue weighted by Gasteiger charge is 2.15. The van der Waals surface area contributed by atoms with Crippen molar-refractivity contribution in [2.75, 3.05) is 7.05 Å². The average molecular weight is 315 g/mol. The van der Waals surface area contributed by atoms with Crippen molar-refractivity contribution in [3.05, 3.63) is 68.7 Å². The van der Waals surface area contributed by atoms with Crippen molar-refractivity contribution in [1.82, 2.24) is 5.32 Å². The van der Waals surface area contributed by atoms with Crippen LogP contribution in [0.3, 0.4) is 0 Å². The topological polar surface area (TPSA) is 12.0 Å². The Kier molecular flexibility index (Phi) is 5.12. The van der Waals surface area contributed by atoms with Crippen LogP contribution in [0.1, 0.15) is 17.2 Å². The van der Waals surface area contributed by atoms with Gasteiger partial charge in [-0.05, 0) is 48.9 Å². The Hall–Kier alpha value is -0.730. The maximum Gasteiger partial charge on any atom is 0.0454 e. The van der Waals surface area contributed by atoms with Crippen LogP contribution < -0.4 is 5.32 Å². The van der Waals surface area contributed by atoms with Gasteiger partial charge in [-0.2, -0.15) is 0 Å². The first kappa shape index (κ1) is 14.7. The predicted molar refractivity (Wildman–Crippen MR) is 83.4 cm³/mol. The van der Waals surface area contributed by atoms with Gasteiger partial charge in [0, 0.05) is 21.1 Å². The molecule has 0 heterocycles. The van der Waals surface area contributed by atoms with Gasteiger partial charge in [-0.1, -0.05) is 53.0 Å². The number of benzene rings is 2. The van der Waals surface area contributed by atoms with Gasteiger partial charge in [0.15, 0.2) is 0 Å². The summed E-state index contributed by atoms with van der Waals surface area (Å²) in [5.74, 6) is 0. The van der Waals surface area contributed by atoms with Gasteiger partial charge in [0.1, 0.15) is 0 Å². The Labute approximate surface area is 128 Å². The molecule has 0 amide bonds. The van der Waals surface area contributed by atoms with Crippen molar-refractivity contribution in [2.24, 2.45) is 0 Å². The molecule has 0 aliphatic heterocycles. The predicted octanol–water partition coefficient (Wildman–Crippen LogP) is 5.15. The van der Waals surface area contributed by atoms with Gasteiger partial charge in [0.25, 0.3) is 0 Å². The SMILES string of the molecule is CNC(Cc1ccccc1Cl)c1cc(Cl)ccc1Cl. The second-order valence-electron chi connectivity index (χ2n) is 4.30. The first-order chi connectivity index (χ1) is 9.11. The third-order valence-electron chi connectivity index (χ3n) is 3.06. The molecule has 2 aromatic rings. The lowest BCUT2D eigenvalue weighted by Crippen LogP contribution is -2.19. The molecule has 2 rings (SSSR count). The maximum atomic E-state index is 6.24. The van der Waals surface area contributed by atoms with Gasteiger partial charge >= 0.3 is 0 Å². The van der Waals surface area contributed by atoms with Gasteiger partial charge in [-0.15, -0.1) is 0 Å². The van der Waals surface area contributed by atoms with E-state index in [1.54, 1.807) is 6.07 Å². The monoisotopic (exact) mass is 313 g/mol. The van der Waals surface area contributed by atoms with E-state index in [0.29, 0.717) is 10.0 Å². The largest absolute Gasteiger partial charge is 0.313 e. The van der Waals surface area contributed by atoms with Crippen LogP contribution in [0.25, 0.3) is 0 Å². The summed E-state index contributed by atoms with van der Waals surface area (Å²) in [6.07, 6.45) is 0.760. The van der Waals surface area contributed by atoms with Crippen LogP contribution in [0.5, 0.6) is 0 Å². The quantitative estimate of drug-likeness (QED) is 0.823. The highest BCUT2D eigenvalue weighted by molar-refractivity contribution is 6.33. The lowest BCUT2D eigenvalue weighted by atomic mass is 9.99. The summed E-state index contributed by atoms with van der Waals surface area (Å²) < 4.78 is 0. The number of hydrogen-bond donors (Lipinski definition) is 1. The maximum absolute atomic E-state index is 6.24. The summed E-state index contributed by atoms with van der Waals surface area (Å²) in [5, 5.41) is 5.41. The molecule has 1 atom stereocenters. The highest BCUT2D eigenvalue weighted by Crippen LogP contribution is 2.30. The van der Waals surface area contributed by atoms with Gasteiger partial charge in [0.2, 0.25) is 0 Å². The number of nitrogens with one attached hydrogen (secondary N) is 1. The van der Waals surface area contributed by atoms with Crippen molar-refractivity contribution in [3.63, 3.8) is 0 Å². The lowest BCUT2D eigenvalue weighted by Gasteiger charge is -2.19. The van der Waals surface area contributed by atoms with Crippen LogP contribution in [0.4, 0.5) is 0 Å². The standard InChI is InChI=1S/C15H14Cl3N/c1-19-15(8-10-4-2-3-5-13(10)17)12-9-11(16)6-7-14(12)18/h2-7,9,15,19H,8H2,1H3. The third-order valence-corrected chi connectivity index (χ3v) is 4.01. The summed E-state index contributed by atoms with van der Waals surface area (Å²) in [4.78, 5) is 0. The zero-order valence-corrected chi connectivity index (χ0v) is 12.7. The van der Waals surface area contributed by atoms with E-state index >= 15 is 0 Å². The molecule has 4 heteroatoms. The van der Waals surface area contributed by atoms with Crippen molar-refractivity contribution < 1.29 is 0 Å². The second kappa shape index (κ2) is 6.62. The molecule has 0 radical (unpaired) electrons. The molecule has 0 aromatic heterocycles. The van der Waals surface area contributed by atoms with Gasteiger partial charge < -0.3 is 5.32 Å². The molecular weight excluding hydrogens is 301 g/mol. The summed E-state index contributed by atoms with van der Waals surface area (Å²) in [7, 11) is 1.90. The molecule has 0 fully saturated rings. The molecule has 100 valence electrons. The Morgan fingerprint density at radius 2 is 1.74 bits per heavy atom. The smallest absolute Gasteiger partial charge is 0.0454 e. The minimum Gasteiger partial charge on any atom is -0.313 e. The van der Waals surface area contributed by atoms with E-state index in [0.717, 1.165) is 22.6 Å². The molecule has 19 heavy (non-hydrogen) atoms. The van der Waals surface area contributed by atoms with Crippen molar-refractivity contribution in [2.45, 2.75) is 12.5 Å². The molecule has 0 aliphatic rings. The Balaban J connectivity index is 2.30.